The van der Waals surface area contributed by atoms with E-state index in [2.05, 4.69) is 15.6 Å². The van der Waals surface area contributed by atoms with Crippen LogP contribution in [0.3, 0.4) is 0 Å². The number of thiazole rings is 1. The number of hydrogen-bond acceptors (Lipinski definition) is 5. The van der Waals surface area contributed by atoms with Crippen LogP contribution in [0.4, 0.5) is 0 Å². The second kappa shape index (κ2) is 5.38. The van der Waals surface area contributed by atoms with Crippen molar-refractivity contribution in [2.24, 2.45) is 0 Å². The summed E-state index contributed by atoms with van der Waals surface area (Å²) >= 11 is 1.56. The first-order valence-corrected chi connectivity index (χ1v) is 6.14. The fourth-order valence-corrected chi connectivity index (χ4v) is 2.23. The van der Waals surface area contributed by atoms with Crippen LogP contribution in [0.1, 0.15) is 10.6 Å². The Kier molecular flexibility index (Phi) is 3.87. The van der Waals surface area contributed by atoms with Gasteiger partial charge in [0.1, 0.15) is 6.10 Å². The molecular formula is C10H15N3O2S. The van der Waals surface area contributed by atoms with E-state index in [1.807, 2.05) is 6.92 Å². The zero-order valence-electron chi connectivity index (χ0n) is 9.16. The van der Waals surface area contributed by atoms with E-state index in [1.54, 1.807) is 16.8 Å². The van der Waals surface area contributed by atoms with Gasteiger partial charge in [0.15, 0.2) is 0 Å². The van der Waals surface area contributed by atoms with Gasteiger partial charge in [0.05, 0.1) is 24.4 Å². The van der Waals surface area contributed by atoms with E-state index in [1.165, 1.54) is 0 Å². The predicted octanol–water partition coefficient (Wildman–Crippen LogP) is 0.0561. The summed E-state index contributed by atoms with van der Waals surface area (Å²) in [6.45, 7) is 4.48. The summed E-state index contributed by atoms with van der Waals surface area (Å²) in [5, 5.41) is 5.99. The average molecular weight is 241 g/mol. The van der Waals surface area contributed by atoms with Gasteiger partial charge in [0.25, 0.3) is 5.91 Å². The molecule has 1 saturated heterocycles. The fourth-order valence-electron chi connectivity index (χ4n) is 1.51. The summed E-state index contributed by atoms with van der Waals surface area (Å²) in [6.07, 6.45) is -0.359. The average Bonchev–Trinajstić information content (AvgIpc) is 2.73. The number of aryl methyl sites for hydroxylation is 1. The Hall–Kier alpha value is -0.980. The molecule has 16 heavy (non-hydrogen) atoms. The van der Waals surface area contributed by atoms with Gasteiger partial charge in [-0.05, 0) is 6.92 Å². The van der Waals surface area contributed by atoms with Crippen molar-refractivity contribution in [1.29, 1.82) is 0 Å². The number of aromatic nitrogens is 1. The molecule has 1 aliphatic rings. The lowest BCUT2D eigenvalue weighted by Gasteiger charge is -2.22. The number of carbonyl (C=O) groups is 1. The minimum absolute atomic E-state index is 0.0556. The molecule has 1 aliphatic heterocycles. The van der Waals surface area contributed by atoms with E-state index < -0.39 is 0 Å². The number of hydrogen-bond donors (Lipinski definition) is 2. The van der Waals surface area contributed by atoms with E-state index in [0.29, 0.717) is 19.7 Å². The summed E-state index contributed by atoms with van der Waals surface area (Å²) in [6, 6.07) is 0. The molecule has 0 saturated carbocycles. The Morgan fingerprint density at radius 3 is 3.31 bits per heavy atom. The first-order chi connectivity index (χ1) is 7.77. The van der Waals surface area contributed by atoms with Crippen molar-refractivity contribution in [3.63, 3.8) is 0 Å². The van der Waals surface area contributed by atoms with Crippen LogP contribution in [-0.4, -0.2) is 36.7 Å². The molecule has 6 heteroatoms. The Morgan fingerprint density at radius 1 is 1.81 bits per heavy atom. The molecule has 0 aliphatic carbocycles. The summed E-state index contributed by atoms with van der Waals surface area (Å²) in [7, 11) is 0. The highest BCUT2D eigenvalue weighted by Gasteiger charge is 2.21. The molecule has 1 aromatic rings. The minimum atomic E-state index is -0.359. The first-order valence-electron chi connectivity index (χ1n) is 5.26. The van der Waals surface area contributed by atoms with Crippen LogP contribution >= 0.6 is 11.3 Å². The molecule has 0 aromatic carbocycles. The molecule has 1 aromatic heterocycles. The van der Waals surface area contributed by atoms with Gasteiger partial charge in [0.2, 0.25) is 0 Å². The molecule has 1 amide bonds. The Labute approximate surface area is 98.2 Å². The van der Waals surface area contributed by atoms with Crippen LogP contribution in [0.25, 0.3) is 0 Å². The van der Waals surface area contributed by atoms with Crippen molar-refractivity contribution in [2.75, 3.05) is 19.7 Å². The Balaban J connectivity index is 1.81. The van der Waals surface area contributed by atoms with Crippen LogP contribution in [0.15, 0.2) is 5.51 Å². The zero-order valence-corrected chi connectivity index (χ0v) is 9.97. The summed E-state index contributed by atoms with van der Waals surface area (Å²) in [5.41, 5.74) is 2.77. The van der Waals surface area contributed by atoms with Crippen molar-refractivity contribution < 1.29 is 9.53 Å². The number of carbonyl (C=O) groups excluding carboxylic acids is 1. The number of nitrogens with one attached hydrogen (secondary N) is 2. The minimum Gasteiger partial charge on any atom is -0.366 e. The quantitative estimate of drug-likeness (QED) is 0.785. The van der Waals surface area contributed by atoms with Crippen LogP contribution < -0.4 is 10.6 Å². The van der Waals surface area contributed by atoms with Gasteiger partial charge >= 0.3 is 0 Å². The van der Waals surface area contributed by atoms with Gasteiger partial charge < -0.3 is 15.4 Å². The van der Waals surface area contributed by atoms with Gasteiger partial charge in [-0.3, -0.25) is 4.79 Å². The molecule has 2 N–H and O–H groups in total. The lowest BCUT2D eigenvalue weighted by Crippen LogP contribution is -2.47. The maximum Gasteiger partial charge on any atom is 0.250 e. The molecule has 1 atom stereocenters. The van der Waals surface area contributed by atoms with Gasteiger partial charge in [-0.1, -0.05) is 0 Å². The van der Waals surface area contributed by atoms with Gasteiger partial charge in [-0.2, -0.15) is 0 Å². The summed E-state index contributed by atoms with van der Waals surface area (Å²) < 4.78 is 5.35. The van der Waals surface area contributed by atoms with Crippen LogP contribution in [0.5, 0.6) is 0 Å². The monoisotopic (exact) mass is 241 g/mol. The number of rotatable bonds is 3. The molecule has 5 nitrogen and oxygen atoms in total. The Bertz CT molecular complexity index is 361. The highest BCUT2D eigenvalue weighted by Crippen LogP contribution is 2.11. The molecule has 0 radical (unpaired) electrons. The van der Waals surface area contributed by atoms with E-state index in [4.69, 9.17) is 4.74 Å². The molecule has 0 bridgehead atoms. The number of amides is 1. The molecule has 0 spiro atoms. The topological polar surface area (TPSA) is 63.2 Å². The third-order valence-corrected chi connectivity index (χ3v) is 3.42. The normalized spacial score (nSPS) is 20.7. The van der Waals surface area contributed by atoms with E-state index in [0.717, 1.165) is 17.1 Å². The van der Waals surface area contributed by atoms with Crippen LogP contribution in [-0.2, 0) is 16.1 Å². The third-order valence-electron chi connectivity index (χ3n) is 2.49. The molecule has 2 rings (SSSR count). The molecule has 2 heterocycles. The predicted molar refractivity (Wildman–Crippen MR) is 61.3 cm³/mol. The van der Waals surface area contributed by atoms with Crippen molar-refractivity contribution in [2.45, 2.75) is 19.6 Å². The Morgan fingerprint density at radius 2 is 2.69 bits per heavy atom. The van der Waals surface area contributed by atoms with Crippen molar-refractivity contribution in [3.8, 4) is 0 Å². The maximum absolute atomic E-state index is 11.7. The second-order valence-corrected chi connectivity index (χ2v) is 4.58. The van der Waals surface area contributed by atoms with E-state index in [-0.39, 0.29) is 12.0 Å². The standard InChI is InChI=1S/C10H15N3O2S/c1-7-9(16-6-13-7)5-12-10(14)8-4-11-2-3-15-8/h6,8,11H,2-5H2,1H3,(H,12,14). The molecule has 88 valence electrons. The number of nitrogens with zero attached hydrogens (tertiary/aromatic N) is 1. The fraction of sp³-hybridized carbons (Fsp3) is 0.600. The number of morpholine rings is 1. The lowest BCUT2D eigenvalue weighted by molar-refractivity contribution is -0.134. The first kappa shape index (κ1) is 11.5. The highest BCUT2D eigenvalue weighted by molar-refractivity contribution is 7.09. The zero-order chi connectivity index (χ0) is 11.4. The SMILES string of the molecule is Cc1ncsc1CNC(=O)C1CNCCO1. The largest absolute Gasteiger partial charge is 0.366 e. The summed E-state index contributed by atoms with van der Waals surface area (Å²) in [4.78, 5) is 16.9. The molecule has 1 unspecified atom stereocenters. The van der Waals surface area contributed by atoms with E-state index in [9.17, 15) is 4.79 Å². The van der Waals surface area contributed by atoms with Crippen LogP contribution in [0, 0.1) is 6.92 Å². The van der Waals surface area contributed by atoms with Gasteiger partial charge in [0, 0.05) is 18.0 Å². The molecule has 1 fully saturated rings. The summed E-state index contributed by atoms with van der Waals surface area (Å²) in [5.74, 6) is -0.0556. The second-order valence-electron chi connectivity index (χ2n) is 3.64. The van der Waals surface area contributed by atoms with Crippen LogP contribution in [0.2, 0.25) is 0 Å². The highest BCUT2D eigenvalue weighted by atomic mass is 32.1. The third kappa shape index (κ3) is 2.78. The van der Waals surface area contributed by atoms with E-state index >= 15 is 0 Å². The smallest absolute Gasteiger partial charge is 0.250 e. The maximum atomic E-state index is 11.7. The molecular weight excluding hydrogens is 226 g/mol. The van der Waals surface area contributed by atoms with Crippen molar-refractivity contribution in [3.05, 3.63) is 16.1 Å². The number of ether oxygens (including phenoxy) is 1. The van der Waals surface area contributed by atoms with Crippen molar-refractivity contribution >= 4 is 17.2 Å². The van der Waals surface area contributed by atoms with Gasteiger partial charge in [-0.25, -0.2) is 4.98 Å². The van der Waals surface area contributed by atoms with Gasteiger partial charge in [-0.15, -0.1) is 11.3 Å². The van der Waals surface area contributed by atoms with Crippen molar-refractivity contribution in [1.82, 2.24) is 15.6 Å². The lowest BCUT2D eigenvalue weighted by atomic mass is 10.3.